The van der Waals surface area contributed by atoms with Gasteiger partial charge in [0.2, 0.25) is 0 Å². The summed E-state index contributed by atoms with van der Waals surface area (Å²) in [6, 6.07) is 0. The van der Waals surface area contributed by atoms with Gasteiger partial charge in [0.1, 0.15) is 0 Å². The van der Waals surface area contributed by atoms with Gasteiger partial charge in [0.25, 0.3) is 0 Å². The molecule has 3 aliphatic carbocycles. The minimum absolute atomic E-state index is 0.178. The molecule has 0 spiro atoms. The lowest BCUT2D eigenvalue weighted by Gasteiger charge is -2.44. The molecule has 3 rings (SSSR count). The van der Waals surface area contributed by atoms with Crippen LogP contribution in [0.25, 0.3) is 0 Å². The van der Waals surface area contributed by atoms with Crippen LogP contribution in [-0.4, -0.2) is 46.6 Å². The van der Waals surface area contributed by atoms with Crippen molar-refractivity contribution < 1.29 is 29.3 Å². The van der Waals surface area contributed by atoms with Crippen LogP contribution < -0.4 is 0 Å². The van der Waals surface area contributed by atoms with E-state index < -0.39 is 24.0 Å². The summed E-state index contributed by atoms with van der Waals surface area (Å²) in [5.74, 6) is 0.981. The molecule has 36 heavy (non-hydrogen) atoms. The lowest BCUT2D eigenvalue weighted by Crippen LogP contribution is -2.37. The maximum absolute atomic E-state index is 12.8. The van der Waals surface area contributed by atoms with Crippen LogP contribution in [0.4, 0.5) is 4.79 Å². The Hall–Kier alpha value is -1.92. The Morgan fingerprint density at radius 2 is 1.86 bits per heavy atom. The number of aliphatic hydroxyl groups is 2. The summed E-state index contributed by atoms with van der Waals surface area (Å²) in [7, 11) is 0. The maximum Gasteiger partial charge on any atom is 0.509 e. The van der Waals surface area contributed by atoms with Gasteiger partial charge in [0.05, 0.1) is 18.8 Å². The van der Waals surface area contributed by atoms with E-state index in [9.17, 15) is 19.8 Å². The second-order valence-electron chi connectivity index (χ2n) is 11.9. The van der Waals surface area contributed by atoms with E-state index in [1.807, 2.05) is 13.0 Å². The molecule has 0 saturated heterocycles. The maximum atomic E-state index is 12.8. The second-order valence-corrected chi connectivity index (χ2v) is 11.9. The van der Waals surface area contributed by atoms with E-state index in [2.05, 4.69) is 26.0 Å². The van der Waals surface area contributed by atoms with E-state index in [1.165, 1.54) is 12.0 Å². The minimum atomic E-state index is -1.27. The van der Waals surface area contributed by atoms with Gasteiger partial charge in [0.15, 0.2) is 11.4 Å². The topological polar surface area (TPSA) is 93.1 Å². The van der Waals surface area contributed by atoms with E-state index in [1.54, 1.807) is 19.9 Å². The summed E-state index contributed by atoms with van der Waals surface area (Å²) < 4.78 is 10.2. The Kier molecular flexibility index (Phi) is 9.62. The quantitative estimate of drug-likeness (QED) is 0.309. The Bertz CT molecular complexity index is 872. The van der Waals surface area contributed by atoms with Gasteiger partial charge in [-0.2, -0.15) is 0 Å². The Labute approximate surface area is 216 Å². The first kappa shape index (κ1) is 28.6. The molecule has 0 bridgehead atoms. The van der Waals surface area contributed by atoms with Crippen LogP contribution in [0, 0.1) is 23.2 Å². The molecule has 0 aromatic rings. The molecule has 202 valence electrons. The summed E-state index contributed by atoms with van der Waals surface area (Å²) in [4.78, 5) is 24.7. The molecular weight excluding hydrogens is 456 g/mol. The van der Waals surface area contributed by atoms with Crippen molar-refractivity contribution in [3.63, 3.8) is 0 Å². The van der Waals surface area contributed by atoms with E-state index in [0.29, 0.717) is 37.5 Å². The number of allylic oxidation sites excluding steroid dienone is 4. The molecule has 3 saturated carbocycles. The highest BCUT2D eigenvalue weighted by Gasteiger charge is 2.50. The third-order valence-corrected chi connectivity index (χ3v) is 8.65. The molecule has 0 radical (unpaired) electrons. The highest BCUT2D eigenvalue weighted by atomic mass is 16.7. The number of ether oxygens (including phenoxy) is 2. The van der Waals surface area contributed by atoms with Crippen molar-refractivity contribution in [3.05, 3.63) is 35.5 Å². The van der Waals surface area contributed by atoms with Crippen molar-refractivity contribution in [3.8, 4) is 0 Å². The van der Waals surface area contributed by atoms with Gasteiger partial charge >= 0.3 is 6.16 Å². The first-order valence-corrected chi connectivity index (χ1v) is 13.8. The SMILES string of the molecule is CCCOC(=O)OC(C)(C)C(=O)/C=C/[C@@H](C)[C@H]1CC[C@H]2/C(=C/C=C3C[C@@H](O)C[C@H](O)C3)CCC[C@]12C. The monoisotopic (exact) mass is 502 g/mol. The number of hydrogen-bond donors (Lipinski definition) is 2. The van der Waals surface area contributed by atoms with Crippen LogP contribution in [-0.2, 0) is 14.3 Å². The molecule has 0 heterocycles. The van der Waals surface area contributed by atoms with Crippen LogP contribution >= 0.6 is 0 Å². The molecule has 0 aromatic carbocycles. The lowest BCUT2D eigenvalue weighted by atomic mass is 9.61. The smallest absolute Gasteiger partial charge is 0.434 e. The summed E-state index contributed by atoms with van der Waals surface area (Å²) in [5, 5.41) is 20.0. The van der Waals surface area contributed by atoms with Crippen molar-refractivity contribution in [2.75, 3.05) is 6.61 Å². The average Bonchev–Trinajstić information content (AvgIpc) is 3.16. The normalized spacial score (nSPS) is 32.9. The lowest BCUT2D eigenvalue weighted by molar-refractivity contribution is -0.131. The Morgan fingerprint density at radius 3 is 2.53 bits per heavy atom. The second kappa shape index (κ2) is 12.1. The Morgan fingerprint density at radius 1 is 1.17 bits per heavy atom. The van der Waals surface area contributed by atoms with Gasteiger partial charge in [-0.3, -0.25) is 4.79 Å². The number of carbonyl (C=O) groups excluding carboxylic acids is 2. The Balaban J connectivity index is 1.66. The number of ketones is 1. The fraction of sp³-hybridized carbons (Fsp3) is 0.733. The fourth-order valence-electron chi connectivity index (χ4n) is 6.72. The van der Waals surface area contributed by atoms with E-state index in [-0.39, 0.29) is 23.7 Å². The average molecular weight is 503 g/mol. The number of fused-ring (bicyclic) bond motifs is 1. The molecule has 0 aliphatic heterocycles. The van der Waals surface area contributed by atoms with Gasteiger partial charge in [-0.15, -0.1) is 0 Å². The van der Waals surface area contributed by atoms with Crippen molar-refractivity contribution in [2.24, 2.45) is 23.2 Å². The van der Waals surface area contributed by atoms with E-state index >= 15 is 0 Å². The van der Waals surface area contributed by atoms with Crippen LogP contribution in [0.15, 0.2) is 35.5 Å². The van der Waals surface area contributed by atoms with Gasteiger partial charge in [-0.05, 0) is 101 Å². The van der Waals surface area contributed by atoms with Gasteiger partial charge in [-0.1, -0.05) is 50.1 Å². The molecule has 6 nitrogen and oxygen atoms in total. The highest BCUT2D eigenvalue weighted by Crippen LogP contribution is 2.59. The summed E-state index contributed by atoms with van der Waals surface area (Å²) >= 11 is 0. The molecular formula is C30H46O6. The summed E-state index contributed by atoms with van der Waals surface area (Å²) in [6.45, 7) is 9.97. The first-order chi connectivity index (χ1) is 17.0. The van der Waals surface area contributed by atoms with Crippen molar-refractivity contribution in [1.29, 1.82) is 0 Å². The predicted molar refractivity (Wildman–Crippen MR) is 140 cm³/mol. The van der Waals surface area contributed by atoms with Crippen LogP contribution in [0.3, 0.4) is 0 Å². The van der Waals surface area contributed by atoms with Crippen molar-refractivity contribution in [1.82, 2.24) is 0 Å². The highest BCUT2D eigenvalue weighted by molar-refractivity contribution is 5.97. The molecule has 3 aliphatic rings. The van der Waals surface area contributed by atoms with Crippen LogP contribution in [0.2, 0.25) is 0 Å². The summed E-state index contributed by atoms with van der Waals surface area (Å²) in [6.07, 6.45) is 14.5. The first-order valence-electron chi connectivity index (χ1n) is 13.8. The third kappa shape index (κ3) is 6.89. The number of aliphatic hydroxyl groups excluding tert-OH is 2. The zero-order valence-corrected chi connectivity index (χ0v) is 22.8. The van der Waals surface area contributed by atoms with E-state index in [0.717, 1.165) is 31.3 Å². The van der Waals surface area contributed by atoms with E-state index in [4.69, 9.17) is 9.47 Å². The molecule has 6 atom stereocenters. The van der Waals surface area contributed by atoms with Gasteiger partial charge in [0, 0.05) is 0 Å². The zero-order valence-electron chi connectivity index (χ0n) is 22.8. The molecule has 0 amide bonds. The zero-order chi connectivity index (χ0) is 26.5. The van der Waals surface area contributed by atoms with Gasteiger partial charge in [-0.25, -0.2) is 4.79 Å². The van der Waals surface area contributed by atoms with Crippen LogP contribution in [0.5, 0.6) is 0 Å². The molecule has 0 aromatic heterocycles. The van der Waals surface area contributed by atoms with Crippen LogP contribution in [0.1, 0.15) is 92.4 Å². The van der Waals surface area contributed by atoms with Gasteiger partial charge < -0.3 is 19.7 Å². The minimum Gasteiger partial charge on any atom is -0.434 e. The number of carbonyl (C=O) groups is 2. The fourth-order valence-corrected chi connectivity index (χ4v) is 6.72. The molecule has 0 unspecified atom stereocenters. The molecule has 6 heteroatoms. The molecule has 3 fully saturated rings. The van der Waals surface area contributed by atoms with Crippen molar-refractivity contribution in [2.45, 2.75) is 110 Å². The third-order valence-electron chi connectivity index (χ3n) is 8.65. The largest absolute Gasteiger partial charge is 0.509 e. The summed E-state index contributed by atoms with van der Waals surface area (Å²) in [5.41, 5.74) is 1.53. The number of hydrogen-bond acceptors (Lipinski definition) is 6. The standard InChI is InChI=1S/C30H46O6/c1-6-16-35-28(34)36-29(3,4)27(33)14-9-20(2)25-12-13-26-22(8-7-15-30(25,26)5)11-10-21-17-23(31)19-24(32)18-21/h9-11,14,20,23-26,31-32H,6-8,12-13,15-19H2,1-5H3/b14-9+,22-11+/t20-,23-,24-,25-,26+,30-/m1/s1. The molecule has 2 N–H and O–H groups in total. The van der Waals surface area contributed by atoms with Crippen molar-refractivity contribution >= 4 is 11.9 Å². The predicted octanol–water partition coefficient (Wildman–Crippen LogP) is 6.06. The number of rotatable bonds is 8.